The summed E-state index contributed by atoms with van der Waals surface area (Å²) >= 11 is 0. The Kier molecular flexibility index (Phi) is 2.74. The van der Waals surface area contributed by atoms with Crippen molar-refractivity contribution in [2.45, 2.75) is 19.4 Å². The van der Waals surface area contributed by atoms with Gasteiger partial charge in [0, 0.05) is 19.0 Å². The minimum Gasteiger partial charge on any atom is -0.391 e. The van der Waals surface area contributed by atoms with Crippen LogP contribution in [0.1, 0.15) is 13.3 Å². The van der Waals surface area contributed by atoms with Crippen LogP contribution in [0.2, 0.25) is 0 Å². The van der Waals surface area contributed by atoms with Gasteiger partial charge in [-0.05, 0) is 25.4 Å². The fourth-order valence-electron chi connectivity index (χ4n) is 2.10. The molecule has 2 saturated heterocycles. The second-order valence-electron chi connectivity index (χ2n) is 4.43. The van der Waals surface area contributed by atoms with Crippen molar-refractivity contribution in [2.75, 3.05) is 26.2 Å². The fraction of sp³-hybridized carbons (Fsp3) is 0.900. The standard InChI is InChI=1S/C10H18N2O2/c1-7(8-4-11-5-8)10(14)12-3-2-9(13)6-12/h7-9,11,13H,2-6H2,1H3/t7?,9-/m1/s1. The quantitative estimate of drug-likeness (QED) is 0.625. The number of aliphatic hydroxyl groups is 1. The van der Waals surface area contributed by atoms with E-state index < -0.39 is 0 Å². The van der Waals surface area contributed by atoms with Crippen LogP contribution >= 0.6 is 0 Å². The SMILES string of the molecule is CC(C(=O)N1CC[C@@H](O)C1)C1CNC1. The smallest absolute Gasteiger partial charge is 0.225 e. The van der Waals surface area contributed by atoms with Crippen molar-refractivity contribution >= 4 is 5.91 Å². The van der Waals surface area contributed by atoms with Gasteiger partial charge in [0.2, 0.25) is 5.91 Å². The van der Waals surface area contributed by atoms with Crippen molar-refractivity contribution < 1.29 is 9.90 Å². The van der Waals surface area contributed by atoms with E-state index >= 15 is 0 Å². The first-order valence-corrected chi connectivity index (χ1v) is 5.36. The summed E-state index contributed by atoms with van der Waals surface area (Å²) in [4.78, 5) is 13.7. The number of likely N-dealkylation sites (tertiary alicyclic amines) is 1. The summed E-state index contributed by atoms with van der Waals surface area (Å²) in [5, 5.41) is 12.5. The maximum Gasteiger partial charge on any atom is 0.225 e. The first-order valence-electron chi connectivity index (χ1n) is 5.36. The summed E-state index contributed by atoms with van der Waals surface area (Å²) in [6, 6.07) is 0. The molecule has 1 unspecified atom stereocenters. The molecule has 80 valence electrons. The summed E-state index contributed by atoms with van der Waals surface area (Å²) in [5.74, 6) is 0.829. The van der Waals surface area contributed by atoms with E-state index in [9.17, 15) is 9.90 Å². The normalized spacial score (nSPS) is 30.1. The van der Waals surface area contributed by atoms with Crippen molar-refractivity contribution in [3.05, 3.63) is 0 Å². The largest absolute Gasteiger partial charge is 0.391 e. The molecule has 0 aromatic heterocycles. The molecular formula is C10H18N2O2. The van der Waals surface area contributed by atoms with Gasteiger partial charge in [0.1, 0.15) is 0 Å². The maximum atomic E-state index is 11.9. The average Bonchev–Trinajstić information content (AvgIpc) is 2.47. The molecular weight excluding hydrogens is 180 g/mol. The molecule has 0 spiro atoms. The number of hydrogen-bond acceptors (Lipinski definition) is 3. The molecule has 2 N–H and O–H groups in total. The third kappa shape index (κ3) is 1.77. The molecule has 14 heavy (non-hydrogen) atoms. The Balaban J connectivity index is 1.87. The van der Waals surface area contributed by atoms with E-state index in [1.165, 1.54) is 0 Å². The Morgan fingerprint density at radius 3 is 2.71 bits per heavy atom. The van der Waals surface area contributed by atoms with Crippen LogP contribution in [-0.2, 0) is 4.79 Å². The molecule has 2 fully saturated rings. The predicted molar refractivity (Wildman–Crippen MR) is 52.7 cm³/mol. The highest BCUT2D eigenvalue weighted by atomic mass is 16.3. The zero-order chi connectivity index (χ0) is 10.1. The average molecular weight is 198 g/mol. The molecule has 2 aliphatic rings. The zero-order valence-electron chi connectivity index (χ0n) is 8.57. The number of carbonyl (C=O) groups excluding carboxylic acids is 1. The number of nitrogens with zero attached hydrogens (tertiary/aromatic N) is 1. The van der Waals surface area contributed by atoms with Crippen LogP contribution < -0.4 is 5.32 Å². The zero-order valence-corrected chi connectivity index (χ0v) is 8.57. The predicted octanol–water partition coefficient (Wildman–Crippen LogP) is -0.565. The van der Waals surface area contributed by atoms with Gasteiger partial charge in [-0.25, -0.2) is 0 Å². The van der Waals surface area contributed by atoms with Gasteiger partial charge in [-0.2, -0.15) is 0 Å². The van der Waals surface area contributed by atoms with Gasteiger partial charge < -0.3 is 15.3 Å². The second kappa shape index (κ2) is 3.87. The van der Waals surface area contributed by atoms with E-state index in [2.05, 4.69) is 5.32 Å². The highest BCUT2D eigenvalue weighted by Gasteiger charge is 2.34. The van der Waals surface area contributed by atoms with E-state index in [1.54, 1.807) is 4.90 Å². The van der Waals surface area contributed by atoms with Crippen molar-refractivity contribution in [1.29, 1.82) is 0 Å². The van der Waals surface area contributed by atoms with E-state index in [-0.39, 0.29) is 17.9 Å². The molecule has 0 saturated carbocycles. The number of amides is 1. The van der Waals surface area contributed by atoms with E-state index in [4.69, 9.17) is 0 Å². The van der Waals surface area contributed by atoms with Gasteiger partial charge in [0.05, 0.1) is 6.10 Å². The lowest BCUT2D eigenvalue weighted by atomic mass is 9.88. The Labute approximate surface area is 84.3 Å². The van der Waals surface area contributed by atoms with Crippen LogP contribution in [0.4, 0.5) is 0 Å². The minimum absolute atomic E-state index is 0.113. The molecule has 0 aliphatic carbocycles. The Morgan fingerprint density at radius 1 is 1.57 bits per heavy atom. The van der Waals surface area contributed by atoms with Crippen molar-refractivity contribution in [3.63, 3.8) is 0 Å². The van der Waals surface area contributed by atoms with Crippen LogP contribution in [0.15, 0.2) is 0 Å². The van der Waals surface area contributed by atoms with Gasteiger partial charge >= 0.3 is 0 Å². The fourth-order valence-corrected chi connectivity index (χ4v) is 2.10. The molecule has 4 heteroatoms. The lowest BCUT2D eigenvalue weighted by molar-refractivity contribution is -0.136. The van der Waals surface area contributed by atoms with Gasteiger partial charge in [-0.15, -0.1) is 0 Å². The Bertz CT molecular complexity index is 224. The number of rotatable bonds is 2. The molecule has 2 atom stereocenters. The van der Waals surface area contributed by atoms with E-state index in [0.29, 0.717) is 12.5 Å². The monoisotopic (exact) mass is 198 g/mol. The number of aliphatic hydroxyl groups excluding tert-OH is 1. The van der Waals surface area contributed by atoms with Crippen molar-refractivity contribution in [1.82, 2.24) is 10.2 Å². The number of nitrogens with one attached hydrogen (secondary N) is 1. The lowest BCUT2D eigenvalue weighted by Crippen LogP contribution is -2.50. The topological polar surface area (TPSA) is 52.6 Å². The summed E-state index contributed by atoms with van der Waals surface area (Å²) < 4.78 is 0. The van der Waals surface area contributed by atoms with Crippen LogP contribution in [0.25, 0.3) is 0 Å². The first kappa shape index (κ1) is 9.93. The molecule has 2 rings (SSSR count). The molecule has 0 bridgehead atoms. The van der Waals surface area contributed by atoms with Gasteiger partial charge in [-0.3, -0.25) is 4.79 Å². The molecule has 4 nitrogen and oxygen atoms in total. The Hall–Kier alpha value is -0.610. The van der Waals surface area contributed by atoms with E-state index in [1.807, 2.05) is 6.92 Å². The van der Waals surface area contributed by atoms with Crippen LogP contribution in [-0.4, -0.2) is 48.2 Å². The van der Waals surface area contributed by atoms with Gasteiger partial charge in [0.25, 0.3) is 0 Å². The molecule has 0 aromatic rings. The summed E-state index contributed by atoms with van der Waals surface area (Å²) in [6.07, 6.45) is 0.437. The summed E-state index contributed by atoms with van der Waals surface area (Å²) in [6.45, 7) is 5.18. The Morgan fingerprint density at radius 2 is 2.29 bits per heavy atom. The third-order valence-corrected chi connectivity index (χ3v) is 3.38. The number of hydrogen-bond donors (Lipinski definition) is 2. The maximum absolute atomic E-state index is 11.9. The van der Waals surface area contributed by atoms with Gasteiger partial charge in [-0.1, -0.05) is 6.92 Å². The van der Waals surface area contributed by atoms with Gasteiger partial charge in [0.15, 0.2) is 0 Å². The third-order valence-electron chi connectivity index (χ3n) is 3.38. The molecule has 1 amide bonds. The molecule has 2 aliphatic heterocycles. The highest BCUT2D eigenvalue weighted by molar-refractivity contribution is 5.79. The van der Waals surface area contributed by atoms with Crippen molar-refractivity contribution in [2.24, 2.45) is 11.8 Å². The number of β-amino-alcohol motifs (C(OH)–C–C–N with tert-alkyl or cyclic N) is 1. The van der Waals surface area contributed by atoms with Crippen LogP contribution in [0, 0.1) is 11.8 Å². The summed E-state index contributed by atoms with van der Waals surface area (Å²) in [7, 11) is 0. The highest BCUT2D eigenvalue weighted by Crippen LogP contribution is 2.20. The molecule has 2 heterocycles. The minimum atomic E-state index is -0.300. The van der Waals surface area contributed by atoms with Crippen LogP contribution in [0.5, 0.6) is 0 Å². The number of carbonyl (C=O) groups is 1. The molecule has 0 aromatic carbocycles. The van der Waals surface area contributed by atoms with Crippen LogP contribution in [0.3, 0.4) is 0 Å². The van der Waals surface area contributed by atoms with E-state index in [0.717, 1.165) is 26.1 Å². The molecule has 0 radical (unpaired) electrons. The lowest BCUT2D eigenvalue weighted by Gasteiger charge is -2.33. The summed E-state index contributed by atoms with van der Waals surface area (Å²) in [5.41, 5.74) is 0. The first-order chi connectivity index (χ1) is 6.68. The second-order valence-corrected chi connectivity index (χ2v) is 4.43. The van der Waals surface area contributed by atoms with Crippen molar-refractivity contribution in [3.8, 4) is 0 Å².